The van der Waals surface area contributed by atoms with Gasteiger partial charge in [0.25, 0.3) is 11.8 Å². The molecule has 4 atom stereocenters. The average Bonchev–Trinajstić information content (AvgIpc) is 3.09. The van der Waals surface area contributed by atoms with Gasteiger partial charge in [0.05, 0.1) is 31.4 Å². The van der Waals surface area contributed by atoms with Gasteiger partial charge < -0.3 is 25.4 Å². The number of hydrogen-bond acceptors (Lipinski definition) is 5. The van der Waals surface area contributed by atoms with E-state index in [-0.39, 0.29) is 48.9 Å². The number of hydrogen-bond donors (Lipinski definition) is 3. The normalized spacial score (nSPS) is 24.4. The molecule has 2 amide bonds. The Morgan fingerprint density at radius 3 is 2.36 bits per heavy atom. The number of halogens is 1. The van der Waals surface area contributed by atoms with Crippen LogP contribution in [-0.4, -0.2) is 65.8 Å². The molecule has 2 aromatic carbocycles. The fraction of sp³-hybridized carbons (Fsp3) is 0.440. The van der Waals surface area contributed by atoms with Gasteiger partial charge in [-0.15, -0.1) is 12.4 Å². The number of nitrogens with zero attached hydrogens (tertiary/aromatic N) is 1. The van der Waals surface area contributed by atoms with Gasteiger partial charge in [0.15, 0.2) is 0 Å². The van der Waals surface area contributed by atoms with Gasteiger partial charge in [0.1, 0.15) is 0 Å². The van der Waals surface area contributed by atoms with Crippen molar-refractivity contribution in [2.45, 2.75) is 50.0 Å². The lowest BCUT2D eigenvalue weighted by atomic mass is 9.93. The maximum atomic E-state index is 12.9. The lowest BCUT2D eigenvalue weighted by Gasteiger charge is -2.34. The number of rotatable bonds is 5. The van der Waals surface area contributed by atoms with Crippen LogP contribution in [0.2, 0.25) is 0 Å². The molecule has 2 saturated heterocycles. The average molecular weight is 472 g/mol. The van der Waals surface area contributed by atoms with Gasteiger partial charge in [-0.1, -0.05) is 24.3 Å². The van der Waals surface area contributed by atoms with Crippen LogP contribution in [0.15, 0.2) is 48.5 Å². The summed E-state index contributed by atoms with van der Waals surface area (Å²) in [6.45, 7) is 2.08. The van der Waals surface area contributed by atoms with Crippen molar-refractivity contribution in [2.75, 3.05) is 19.8 Å². The molecule has 0 radical (unpaired) electrons. The quantitative estimate of drug-likeness (QED) is 0.619. The number of morpholine rings is 1. The molecule has 7 nitrogen and oxygen atoms in total. The maximum absolute atomic E-state index is 12.9. The molecule has 3 N–H and O–H groups in total. The van der Waals surface area contributed by atoms with E-state index in [4.69, 9.17) is 4.74 Å². The van der Waals surface area contributed by atoms with Crippen LogP contribution >= 0.6 is 12.4 Å². The van der Waals surface area contributed by atoms with Crippen molar-refractivity contribution in [1.29, 1.82) is 0 Å². The number of carbonyl (C=O) groups is 2. The Balaban J connectivity index is 0.00000259. The summed E-state index contributed by atoms with van der Waals surface area (Å²) in [6, 6.07) is 15.2. The van der Waals surface area contributed by atoms with Gasteiger partial charge in [-0.25, -0.2) is 0 Å². The predicted octanol–water partition coefficient (Wildman–Crippen LogP) is 1.92. The molecule has 2 fully saturated rings. The molecule has 0 spiro atoms. The molecule has 33 heavy (non-hydrogen) atoms. The molecule has 0 saturated carbocycles. The van der Waals surface area contributed by atoms with E-state index in [1.165, 1.54) is 11.1 Å². The van der Waals surface area contributed by atoms with Crippen LogP contribution in [-0.2, 0) is 17.7 Å². The zero-order valence-electron chi connectivity index (χ0n) is 18.4. The van der Waals surface area contributed by atoms with E-state index >= 15 is 0 Å². The fourth-order valence-corrected chi connectivity index (χ4v) is 5.07. The monoisotopic (exact) mass is 471 g/mol. The first-order valence-electron chi connectivity index (χ1n) is 11.4. The lowest BCUT2D eigenvalue weighted by Crippen LogP contribution is -2.49. The standard InChI is InChI=1S/C25H29N3O4.ClH/c29-23(22-11-18-3-1-2-4-19(18)12-26-22)13-27-24(30)16-5-7-17(8-6-16)25(31)28-20-9-10-21(28)15-32-14-20;/h1-8,20-23,26,29H,9-15H2,(H,27,30);1H/t20?,21?,22-,23+;/m0./s1. The zero-order chi connectivity index (χ0) is 22.1. The van der Waals surface area contributed by atoms with Crippen LogP contribution in [0.3, 0.4) is 0 Å². The molecular weight excluding hydrogens is 442 g/mol. The number of nitrogens with one attached hydrogen (secondary N) is 2. The second-order valence-electron chi connectivity index (χ2n) is 8.95. The van der Waals surface area contributed by atoms with E-state index in [1.54, 1.807) is 24.3 Å². The molecule has 2 unspecified atom stereocenters. The smallest absolute Gasteiger partial charge is 0.254 e. The first kappa shape index (κ1) is 23.7. The third-order valence-corrected chi connectivity index (χ3v) is 6.92. The lowest BCUT2D eigenvalue weighted by molar-refractivity contribution is -0.00716. The van der Waals surface area contributed by atoms with E-state index in [0.29, 0.717) is 30.9 Å². The van der Waals surface area contributed by atoms with Gasteiger partial charge in [0.2, 0.25) is 0 Å². The molecule has 3 aliphatic rings. The fourth-order valence-electron chi connectivity index (χ4n) is 5.07. The number of aliphatic hydroxyl groups excluding tert-OH is 1. The molecule has 5 rings (SSSR count). The van der Waals surface area contributed by atoms with Crippen LogP contribution < -0.4 is 10.6 Å². The minimum absolute atomic E-state index is 0. The number of fused-ring (bicyclic) bond motifs is 3. The topological polar surface area (TPSA) is 90.9 Å². The Morgan fingerprint density at radius 2 is 1.67 bits per heavy atom. The Labute approximate surface area is 199 Å². The Hall–Kier alpha value is -2.45. The molecule has 0 aromatic heterocycles. The van der Waals surface area contributed by atoms with Crippen molar-refractivity contribution in [2.24, 2.45) is 0 Å². The molecule has 3 heterocycles. The number of aliphatic hydroxyl groups is 1. The Morgan fingerprint density at radius 1 is 1.03 bits per heavy atom. The maximum Gasteiger partial charge on any atom is 0.254 e. The van der Waals surface area contributed by atoms with E-state index in [9.17, 15) is 14.7 Å². The number of amides is 2. The third kappa shape index (κ3) is 4.92. The largest absolute Gasteiger partial charge is 0.390 e. The van der Waals surface area contributed by atoms with E-state index in [0.717, 1.165) is 19.3 Å². The molecule has 8 heteroatoms. The van der Waals surface area contributed by atoms with Crippen LogP contribution in [0.5, 0.6) is 0 Å². The van der Waals surface area contributed by atoms with Gasteiger partial charge in [-0.05, 0) is 54.7 Å². The third-order valence-electron chi connectivity index (χ3n) is 6.92. The van der Waals surface area contributed by atoms with Gasteiger partial charge in [-0.2, -0.15) is 0 Å². The second kappa shape index (κ2) is 10.2. The predicted molar refractivity (Wildman–Crippen MR) is 127 cm³/mol. The van der Waals surface area contributed by atoms with Crippen molar-refractivity contribution in [3.05, 3.63) is 70.8 Å². The summed E-state index contributed by atoms with van der Waals surface area (Å²) in [5, 5.41) is 16.7. The van der Waals surface area contributed by atoms with Crippen LogP contribution in [0, 0.1) is 0 Å². The van der Waals surface area contributed by atoms with E-state index in [2.05, 4.69) is 22.8 Å². The highest BCUT2D eigenvalue weighted by molar-refractivity contribution is 5.98. The first-order valence-corrected chi connectivity index (χ1v) is 11.4. The van der Waals surface area contributed by atoms with Crippen LogP contribution in [0.4, 0.5) is 0 Å². The molecule has 2 bridgehead atoms. The SMILES string of the molecule is Cl.O=C(NC[C@@H](O)[C@@H]1Cc2ccccc2CN1)c1ccc(C(=O)N2C3CCC2COC3)cc1. The zero-order valence-corrected chi connectivity index (χ0v) is 19.2. The van der Waals surface area contributed by atoms with Crippen molar-refractivity contribution in [3.63, 3.8) is 0 Å². The van der Waals surface area contributed by atoms with Crippen molar-refractivity contribution >= 4 is 24.2 Å². The Bertz CT molecular complexity index is 983. The highest BCUT2D eigenvalue weighted by Gasteiger charge is 2.40. The molecular formula is C25H30ClN3O4. The van der Waals surface area contributed by atoms with E-state index in [1.807, 2.05) is 17.0 Å². The number of carbonyl (C=O) groups excluding carboxylic acids is 2. The summed E-state index contributed by atoms with van der Waals surface area (Å²) in [7, 11) is 0. The minimum Gasteiger partial charge on any atom is -0.390 e. The summed E-state index contributed by atoms with van der Waals surface area (Å²) in [4.78, 5) is 27.5. The minimum atomic E-state index is -0.690. The molecule has 176 valence electrons. The van der Waals surface area contributed by atoms with Crippen molar-refractivity contribution in [1.82, 2.24) is 15.5 Å². The number of benzene rings is 2. The molecule has 3 aliphatic heterocycles. The van der Waals surface area contributed by atoms with E-state index < -0.39 is 6.10 Å². The van der Waals surface area contributed by atoms with Gasteiger partial charge >= 0.3 is 0 Å². The highest BCUT2D eigenvalue weighted by atomic mass is 35.5. The number of ether oxygens (including phenoxy) is 1. The summed E-state index contributed by atoms with van der Waals surface area (Å²) in [5.74, 6) is -0.252. The Kier molecular flexibility index (Phi) is 7.34. The van der Waals surface area contributed by atoms with Crippen LogP contribution in [0.25, 0.3) is 0 Å². The molecule has 0 aliphatic carbocycles. The summed E-state index contributed by atoms with van der Waals surface area (Å²) in [5.41, 5.74) is 3.54. The second-order valence-corrected chi connectivity index (χ2v) is 8.95. The molecule has 2 aromatic rings. The van der Waals surface area contributed by atoms with Gasteiger partial charge in [-0.3, -0.25) is 9.59 Å². The summed E-state index contributed by atoms with van der Waals surface area (Å²) >= 11 is 0. The van der Waals surface area contributed by atoms with Crippen molar-refractivity contribution < 1.29 is 19.4 Å². The summed E-state index contributed by atoms with van der Waals surface area (Å²) < 4.78 is 5.56. The van der Waals surface area contributed by atoms with Crippen LogP contribution in [0.1, 0.15) is 44.7 Å². The van der Waals surface area contributed by atoms with Crippen molar-refractivity contribution in [3.8, 4) is 0 Å². The highest BCUT2D eigenvalue weighted by Crippen LogP contribution is 2.30. The first-order chi connectivity index (χ1) is 15.6. The summed E-state index contributed by atoms with van der Waals surface area (Å²) in [6.07, 6.45) is 2.01. The van der Waals surface area contributed by atoms with Gasteiger partial charge in [0, 0.05) is 30.3 Å².